The van der Waals surface area contributed by atoms with Crippen molar-refractivity contribution in [2.75, 3.05) is 19.8 Å². The highest BCUT2D eigenvalue weighted by Crippen LogP contribution is 2.20. The van der Waals surface area contributed by atoms with Crippen LogP contribution in [-0.2, 0) is 4.79 Å². The molecule has 0 spiro atoms. The third kappa shape index (κ3) is 8.12. The molecule has 0 aliphatic heterocycles. The molecule has 0 saturated heterocycles. The molecule has 0 heterocycles. The van der Waals surface area contributed by atoms with Gasteiger partial charge in [-0.1, -0.05) is 32.0 Å². The van der Waals surface area contributed by atoms with Gasteiger partial charge < -0.3 is 10.2 Å². The Morgan fingerprint density at radius 3 is 2.48 bits per heavy atom. The van der Waals surface area contributed by atoms with Crippen LogP contribution < -0.4 is 5.32 Å². The Bertz CT molecular complexity index is 407. The fourth-order valence-corrected chi connectivity index (χ4v) is 3.13. The van der Waals surface area contributed by atoms with Gasteiger partial charge in [0.25, 0.3) is 0 Å². The molecule has 1 atom stereocenters. The van der Waals surface area contributed by atoms with Crippen LogP contribution >= 0.6 is 11.8 Å². The Morgan fingerprint density at radius 1 is 1.24 bits per heavy atom. The number of amides is 1. The Kier molecular flexibility index (Phi) is 8.47. The normalized spacial score (nSPS) is 12.4. The first kappa shape index (κ1) is 18.1. The molecule has 0 aliphatic rings. The van der Waals surface area contributed by atoms with Crippen molar-refractivity contribution in [3.63, 3.8) is 0 Å². The SMILES string of the molecule is CC(C)NC(CCCC(=O)N(C)C)CSc1ccccc1. The van der Waals surface area contributed by atoms with Crippen molar-refractivity contribution >= 4 is 17.7 Å². The molecule has 118 valence electrons. The highest BCUT2D eigenvalue weighted by Gasteiger charge is 2.12. The summed E-state index contributed by atoms with van der Waals surface area (Å²) in [6, 6.07) is 11.4. The Balaban J connectivity index is 2.38. The molecular weight excluding hydrogens is 280 g/mol. The van der Waals surface area contributed by atoms with Crippen molar-refractivity contribution in [3.8, 4) is 0 Å². The predicted octanol–water partition coefficient (Wildman–Crippen LogP) is 3.40. The van der Waals surface area contributed by atoms with E-state index in [0.717, 1.165) is 18.6 Å². The molecule has 1 unspecified atom stereocenters. The maximum Gasteiger partial charge on any atom is 0.222 e. The van der Waals surface area contributed by atoms with Crippen molar-refractivity contribution < 1.29 is 4.79 Å². The van der Waals surface area contributed by atoms with Gasteiger partial charge in [0, 0.05) is 43.2 Å². The van der Waals surface area contributed by atoms with E-state index in [0.29, 0.717) is 18.5 Å². The molecule has 21 heavy (non-hydrogen) atoms. The molecule has 0 aromatic heterocycles. The Labute approximate surface area is 133 Å². The number of rotatable bonds is 9. The summed E-state index contributed by atoms with van der Waals surface area (Å²) in [4.78, 5) is 14.6. The zero-order valence-corrected chi connectivity index (χ0v) is 14.5. The van der Waals surface area contributed by atoms with Crippen molar-refractivity contribution in [3.05, 3.63) is 30.3 Å². The van der Waals surface area contributed by atoms with Crippen LogP contribution in [0.15, 0.2) is 35.2 Å². The lowest BCUT2D eigenvalue weighted by Gasteiger charge is -2.21. The van der Waals surface area contributed by atoms with Crippen LogP contribution in [0.2, 0.25) is 0 Å². The number of hydrogen-bond donors (Lipinski definition) is 1. The summed E-state index contributed by atoms with van der Waals surface area (Å²) in [5.41, 5.74) is 0. The van der Waals surface area contributed by atoms with E-state index in [1.54, 1.807) is 4.90 Å². The number of carbonyl (C=O) groups is 1. The molecule has 0 aliphatic carbocycles. The molecule has 1 aromatic carbocycles. The maximum absolute atomic E-state index is 11.6. The molecule has 4 heteroatoms. The van der Waals surface area contributed by atoms with Crippen molar-refractivity contribution in [1.29, 1.82) is 0 Å². The fourth-order valence-electron chi connectivity index (χ4n) is 2.12. The molecule has 0 radical (unpaired) electrons. The molecule has 1 amide bonds. The van der Waals surface area contributed by atoms with Crippen LogP contribution in [0.5, 0.6) is 0 Å². The minimum Gasteiger partial charge on any atom is -0.349 e. The number of carbonyl (C=O) groups excluding carboxylic acids is 1. The Morgan fingerprint density at radius 2 is 1.90 bits per heavy atom. The zero-order valence-electron chi connectivity index (χ0n) is 13.6. The van der Waals surface area contributed by atoms with Gasteiger partial charge in [-0.25, -0.2) is 0 Å². The molecule has 1 N–H and O–H groups in total. The van der Waals surface area contributed by atoms with Gasteiger partial charge in [-0.05, 0) is 25.0 Å². The quantitative estimate of drug-likeness (QED) is 0.710. The second kappa shape index (κ2) is 9.85. The van der Waals surface area contributed by atoms with Gasteiger partial charge in [-0.3, -0.25) is 4.79 Å². The summed E-state index contributed by atoms with van der Waals surface area (Å²) < 4.78 is 0. The van der Waals surface area contributed by atoms with E-state index in [-0.39, 0.29) is 5.91 Å². The van der Waals surface area contributed by atoms with Crippen LogP contribution in [0.1, 0.15) is 33.1 Å². The van der Waals surface area contributed by atoms with Gasteiger partial charge in [-0.15, -0.1) is 11.8 Å². The highest BCUT2D eigenvalue weighted by molar-refractivity contribution is 7.99. The summed E-state index contributed by atoms with van der Waals surface area (Å²) in [6.07, 6.45) is 2.62. The lowest BCUT2D eigenvalue weighted by Crippen LogP contribution is -2.36. The minimum atomic E-state index is 0.217. The highest BCUT2D eigenvalue weighted by atomic mass is 32.2. The van der Waals surface area contributed by atoms with Crippen LogP contribution in [-0.4, -0.2) is 42.7 Å². The van der Waals surface area contributed by atoms with E-state index in [9.17, 15) is 4.79 Å². The lowest BCUT2D eigenvalue weighted by molar-refractivity contribution is -0.128. The third-order valence-electron chi connectivity index (χ3n) is 3.21. The molecule has 0 bridgehead atoms. The van der Waals surface area contributed by atoms with Gasteiger partial charge >= 0.3 is 0 Å². The van der Waals surface area contributed by atoms with Crippen LogP contribution in [0.25, 0.3) is 0 Å². The van der Waals surface area contributed by atoms with Crippen LogP contribution in [0.3, 0.4) is 0 Å². The molecule has 1 aromatic rings. The zero-order chi connectivity index (χ0) is 15.7. The van der Waals surface area contributed by atoms with E-state index in [1.807, 2.05) is 31.9 Å². The number of nitrogens with one attached hydrogen (secondary N) is 1. The van der Waals surface area contributed by atoms with E-state index >= 15 is 0 Å². The molecular formula is C17H28N2OS. The minimum absolute atomic E-state index is 0.217. The summed E-state index contributed by atoms with van der Waals surface area (Å²) in [6.45, 7) is 4.34. The number of nitrogens with zero attached hydrogens (tertiary/aromatic N) is 1. The summed E-state index contributed by atoms with van der Waals surface area (Å²) in [5.74, 6) is 1.26. The second-order valence-corrected chi connectivity index (χ2v) is 6.92. The van der Waals surface area contributed by atoms with Crippen molar-refractivity contribution in [2.45, 2.75) is 50.1 Å². The summed E-state index contributed by atoms with van der Waals surface area (Å²) >= 11 is 1.88. The second-order valence-electron chi connectivity index (χ2n) is 5.82. The molecule has 3 nitrogen and oxygen atoms in total. The van der Waals surface area contributed by atoms with Gasteiger partial charge in [0.05, 0.1) is 0 Å². The topological polar surface area (TPSA) is 32.3 Å². The average molecular weight is 308 g/mol. The van der Waals surface area contributed by atoms with Crippen LogP contribution in [0.4, 0.5) is 0 Å². The smallest absolute Gasteiger partial charge is 0.222 e. The third-order valence-corrected chi connectivity index (χ3v) is 4.38. The summed E-state index contributed by atoms with van der Waals surface area (Å²) in [7, 11) is 3.63. The van der Waals surface area contributed by atoms with Gasteiger partial charge in [0.2, 0.25) is 5.91 Å². The summed E-state index contributed by atoms with van der Waals surface area (Å²) in [5, 5.41) is 3.61. The van der Waals surface area contributed by atoms with E-state index < -0.39 is 0 Å². The Hall–Kier alpha value is -1.00. The fraction of sp³-hybridized carbons (Fsp3) is 0.588. The maximum atomic E-state index is 11.6. The largest absolute Gasteiger partial charge is 0.349 e. The number of benzene rings is 1. The van der Waals surface area contributed by atoms with E-state index in [2.05, 4.69) is 43.4 Å². The molecule has 0 saturated carbocycles. The van der Waals surface area contributed by atoms with Crippen molar-refractivity contribution in [2.24, 2.45) is 0 Å². The monoisotopic (exact) mass is 308 g/mol. The number of hydrogen-bond acceptors (Lipinski definition) is 3. The van der Waals surface area contributed by atoms with Gasteiger partial charge in [0.15, 0.2) is 0 Å². The number of thioether (sulfide) groups is 1. The first-order chi connectivity index (χ1) is 9.99. The van der Waals surface area contributed by atoms with Gasteiger partial charge in [-0.2, -0.15) is 0 Å². The van der Waals surface area contributed by atoms with E-state index in [4.69, 9.17) is 0 Å². The van der Waals surface area contributed by atoms with Crippen molar-refractivity contribution in [1.82, 2.24) is 10.2 Å². The van der Waals surface area contributed by atoms with Crippen LogP contribution in [0, 0.1) is 0 Å². The molecule has 0 fully saturated rings. The van der Waals surface area contributed by atoms with E-state index in [1.165, 1.54) is 4.90 Å². The first-order valence-electron chi connectivity index (χ1n) is 7.63. The standard InChI is InChI=1S/C17H28N2OS/c1-14(2)18-15(9-8-12-17(20)19(3)4)13-21-16-10-6-5-7-11-16/h5-7,10-11,14-15,18H,8-9,12-13H2,1-4H3. The van der Waals surface area contributed by atoms with Gasteiger partial charge in [0.1, 0.15) is 0 Å². The average Bonchev–Trinajstić information content (AvgIpc) is 2.44. The first-order valence-corrected chi connectivity index (χ1v) is 8.61. The lowest BCUT2D eigenvalue weighted by atomic mass is 10.1. The predicted molar refractivity (Wildman–Crippen MR) is 91.8 cm³/mol. The molecule has 1 rings (SSSR count).